The van der Waals surface area contributed by atoms with Gasteiger partial charge >= 0.3 is 6.03 Å². The molecule has 2 heterocycles. The van der Waals surface area contributed by atoms with Crippen molar-refractivity contribution in [1.82, 2.24) is 15.1 Å². The lowest BCUT2D eigenvalue weighted by molar-refractivity contribution is 0.0966. The van der Waals surface area contributed by atoms with E-state index >= 15 is 0 Å². The molecule has 4 amide bonds. The number of primary amides is 1. The van der Waals surface area contributed by atoms with Crippen LogP contribution in [0.5, 0.6) is 0 Å². The summed E-state index contributed by atoms with van der Waals surface area (Å²) in [6.45, 7) is 6.63. The number of imide groups is 1. The van der Waals surface area contributed by atoms with Gasteiger partial charge in [-0.2, -0.15) is 5.10 Å². The number of anilines is 1. The Balaban J connectivity index is 1.98. The molecule has 0 saturated heterocycles. The Morgan fingerprint density at radius 2 is 2.00 bits per heavy atom. The SMILES string of the molecule is Cn1nccc1C(=O)Nc1sc2c(c1C(=O)NC(N)=O)CCC(C(C)(C)C)C2. The van der Waals surface area contributed by atoms with Crippen LogP contribution < -0.4 is 16.4 Å². The number of urea groups is 1. The lowest BCUT2D eigenvalue weighted by atomic mass is 9.72. The molecule has 3 rings (SSSR count). The molecular formula is C19H25N5O3S. The first-order valence-electron chi connectivity index (χ1n) is 9.12. The fourth-order valence-corrected chi connectivity index (χ4v) is 4.91. The predicted octanol–water partition coefficient (Wildman–Crippen LogP) is 2.69. The first kappa shape index (κ1) is 20.1. The summed E-state index contributed by atoms with van der Waals surface area (Å²) < 4.78 is 1.46. The zero-order valence-electron chi connectivity index (χ0n) is 16.5. The maximum atomic E-state index is 12.6. The quantitative estimate of drug-likeness (QED) is 0.730. The number of nitrogens with two attached hydrogens (primary N) is 1. The van der Waals surface area contributed by atoms with Crippen molar-refractivity contribution in [3.8, 4) is 0 Å². The number of hydrogen-bond acceptors (Lipinski definition) is 5. The molecule has 8 nitrogen and oxygen atoms in total. The topological polar surface area (TPSA) is 119 Å². The van der Waals surface area contributed by atoms with Gasteiger partial charge in [0.1, 0.15) is 10.7 Å². The number of aryl methyl sites for hydroxylation is 1. The fourth-order valence-electron chi connectivity index (χ4n) is 3.59. The van der Waals surface area contributed by atoms with E-state index in [2.05, 4.69) is 36.5 Å². The van der Waals surface area contributed by atoms with E-state index in [0.717, 1.165) is 29.7 Å². The van der Waals surface area contributed by atoms with Gasteiger partial charge in [-0.15, -0.1) is 11.3 Å². The van der Waals surface area contributed by atoms with E-state index in [9.17, 15) is 14.4 Å². The summed E-state index contributed by atoms with van der Waals surface area (Å²) in [5, 5.41) is 9.39. The lowest BCUT2D eigenvalue weighted by Crippen LogP contribution is -2.36. The molecule has 0 radical (unpaired) electrons. The van der Waals surface area contributed by atoms with Crippen LogP contribution in [0.2, 0.25) is 0 Å². The third-order valence-corrected chi connectivity index (χ3v) is 6.40. The zero-order valence-corrected chi connectivity index (χ0v) is 17.3. The summed E-state index contributed by atoms with van der Waals surface area (Å²) in [6.07, 6.45) is 4.03. The number of nitrogens with one attached hydrogen (secondary N) is 2. The summed E-state index contributed by atoms with van der Waals surface area (Å²) >= 11 is 1.39. The maximum absolute atomic E-state index is 12.6. The Kier molecular flexibility index (Phi) is 5.29. The number of thiophene rings is 1. The van der Waals surface area contributed by atoms with E-state index in [1.807, 2.05) is 0 Å². The van der Waals surface area contributed by atoms with Crippen molar-refractivity contribution in [3.63, 3.8) is 0 Å². The van der Waals surface area contributed by atoms with Crippen molar-refractivity contribution in [1.29, 1.82) is 0 Å². The number of carbonyl (C=O) groups excluding carboxylic acids is 3. The van der Waals surface area contributed by atoms with Crippen LogP contribution in [-0.2, 0) is 19.9 Å². The van der Waals surface area contributed by atoms with Gasteiger partial charge in [0.05, 0.1) is 5.56 Å². The van der Waals surface area contributed by atoms with Crippen LogP contribution in [0, 0.1) is 11.3 Å². The van der Waals surface area contributed by atoms with Crippen LogP contribution in [0.15, 0.2) is 12.3 Å². The number of aromatic nitrogens is 2. The van der Waals surface area contributed by atoms with Gasteiger partial charge in [-0.25, -0.2) is 4.79 Å². The van der Waals surface area contributed by atoms with Gasteiger partial charge in [-0.3, -0.25) is 19.6 Å². The molecule has 0 spiro atoms. The number of nitrogens with zero attached hydrogens (tertiary/aromatic N) is 2. The normalized spacial score (nSPS) is 16.4. The first-order chi connectivity index (χ1) is 13.1. The van der Waals surface area contributed by atoms with Crippen LogP contribution >= 0.6 is 11.3 Å². The molecule has 4 N–H and O–H groups in total. The monoisotopic (exact) mass is 403 g/mol. The molecule has 28 heavy (non-hydrogen) atoms. The van der Waals surface area contributed by atoms with Gasteiger partial charge in [0, 0.05) is 18.1 Å². The van der Waals surface area contributed by atoms with Gasteiger partial charge in [-0.1, -0.05) is 20.8 Å². The molecule has 0 bridgehead atoms. The maximum Gasteiger partial charge on any atom is 0.319 e. The highest BCUT2D eigenvalue weighted by atomic mass is 32.1. The predicted molar refractivity (Wildman–Crippen MR) is 107 cm³/mol. The molecule has 1 atom stereocenters. The molecule has 1 unspecified atom stereocenters. The van der Waals surface area contributed by atoms with Gasteiger partial charge in [0.15, 0.2) is 0 Å². The summed E-state index contributed by atoms with van der Waals surface area (Å²) in [6, 6.07) is 0.680. The number of amides is 4. The highest BCUT2D eigenvalue weighted by Crippen LogP contribution is 2.44. The Morgan fingerprint density at radius 3 is 2.57 bits per heavy atom. The van der Waals surface area contributed by atoms with Crippen LogP contribution in [0.25, 0.3) is 0 Å². The second kappa shape index (κ2) is 7.38. The Hall–Kier alpha value is -2.68. The van der Waals surface area contributed by atoms with Crippen LogP contribution in [-0.4, -0.2) is 27.6 Å². The van der Waals surface area contributed by atoms with Crippen LogP contribution in [0.4, 0.5) is 9.80 Å². The smallest absolute Gasteiger partial charge is 0.319 e. The highest BCUT2D eigenvalue weighted by Gasteiger charge is 2.34. The van der Waals surface area contributed by atoms with Crippen LogP contribution in [0.3, 0.4) is 0 Å². The average molecular weight is 404 g/mol. The Labute approximate surface area is 167 Å². The molecule has 0 aromatic carbocycles. The second-order valence-corrected chi connectivity index (χ2v) is 9.23. The van der Waals surface area contributed by atoms with Crippen molar-refractivity contribution in [2.24, 2.45) is 24.1 Å². The van der Waals surface area contributed by atoms with E-state index in [1.54, 1.807) is 13.1 Å². The van der Waals surface area contributed by atoms with Gasteiger partial charge in [0.25, 0.3) is 11.8 Å². The summed E-state index contributed by atoms with van der Waals surface area (Å²) in [7, 11) is 1.67. The summed E-state index contributed by atoms with van der Waals surface area (Å²) in [4.78, 5) is 37.6. The molecule has 2 aromatic heterocycles. The van der Waals surface area contributed by atoms with Crippen molar-refractivity contribution >= 4 is 34.2 Å². The number of fused-ring (bicyclic) bond motifs is 1. The zero-order chi connectivity index (χ0) is 20.6. The van der Waals surface area contributed by atoms with E-state index < -0.39 is 11.9 Å². The largest absolute Gasteiger partial charge is 0.351 e. The second-order valence-electron chi connectivity index (χ2n) is 8.13. The minimum absolute atomic E-state index is 0.148. The molecule has 9 heteroatoms. The highest BCUT2D eigenvalue weighted by molar-refractivity contribution is 7.17. The molecule has 0 fully saturated rings. The minimum atomic E-state index is -0.919. The third kappa shape index (κ3) is 3.94. The van der Waals surface area contributed by atoms with Crippen molar-refractivity contribution in [2.45, 2.75) is 40.0 Å². The van der Waals surface area contributed by atoms with Crippen LogP contribution in [0.1, 0.15) is 58.5 Å². The van der Waals surface area contributed by atoms with Crippen molar-refractivity contribution in [3.05, 3.63) is 34.0 Å². The number of hydrogen-bond donors (Lipinski definition) is 3. The van der Waals surface area contributed by atoms with Gasteiger partial charge in [-0.05, 0) is 42.2 Å². The lowest BCUT2D eigenvalue weighted by Gasteiger charge is -2.33. The third-order valence-electron chi connectivity index (χ3n) is 5.23. The number of carbonyl (C=O) groups is 3. The molecular weight excluding hydrogens is 378 g/mol. The molecule has 1 aliphatic carbocycles. The molecule has 1 aliphatic rings. The molecule has 150 valence electrons. The Morgan fingerprint density at radius 1 is 1.29 bits per heavy atom. The van der Waals surface area contributed by atoms with Crippen molar-refractivity contribution < 1.29 is 14.4 Å². The number of rotatable bonds is 3. The van der Waals surface area contributed by atoms with E-state index in [4.69, 9.17) is 5.73 Å². The first-order valence-corrected chi connectivity index (χ1v) is 9.94. The standard InChI is InChI=1S/C19H25N5O3S/c1-19(2,3)10-5-6-11-13(9-10)28-17(14(11)16(26)23-18(20)27)22-15(25)12-7-8-21-24(12)4/h7-8,10H,5-6,9H2,1-4H3,(H,22,25)(H3,20,23,26,27). The van der Waals surface area contributed by atoms with E-state index in [-0.39, 0.29) is 11.3 Å². The summed E-state index contributed by atoms with van der Waals surface area (Å²) in [5.41, 5.74) is 6.89. The fraction of sp³-hybridized carbons (Fsp3) is 0.474. The molecule has 2 aromatic rings. The average Bonchev–Trinajstić information content (AvgIpc) is 3.15. The van der Waals surface area contributed by atoms with E-state index in [1.165, 1.54) is 22.2 Å². The minimum Gasteiger partial charge on any atom is -0.351 e. The molecule has 0 aliphatic heterocycles. The Bertz CT molecular complexity index is 938. The summed E-state index contributed by atoms with van der Waals surface area (Å²) in [5.74, 6) is -0.468. The van der Waals surface area contributed by atoms with Gasteiger partial charge in [0.2, 0.25) is 0 Å². The molecule has 0 saturated carbocycles. The van der Waals surface area contributed by atoms with Crippen molar-refractivity contribution in [2.75, 3.05) is 5.32 Å². The van der Waals surface area contributed by atoms with Gasteiger partial charge < -0.3 is 11.1 Å². The van der Waals surface area contributed by atoms with E-state index in [0.29, 0.717) is 22.2 Å².